The van der Waals surface area contributed by atoms with Crippen LogP contribution < -0.4 is 5.32 Å². The lowest BCUT2D eigenvalue weighted by molar-refractivity contribution is 0.0520. The number of aromatic nitrogens is 1. The normalized spacial score (nSPS) is 10.5. The number of ether oxygens (including phenoxy) is 1. The van der Waals surface area contributed by atoms with Gasteiger partial charge in [-0.05, 0) is 73.3 Å². The van der Waals surface area contributed by atoms with Crippen LogP contribution in [0.5, 0.6) is 0 Å². The highest BCUT2D eigenvalue weighted by atomic mass is 35.5. The summed E-state index contributed by atoms with van der Waals surface area (Å²) in [4.78, 5) is 25.8. The molecule has 1 heterocycles. The summed E-state index contributed by atoms with van der Waals surface area (Å²) in [6.45, 7) is 3.95. The maximum atomic E-state index is 12.5. The van der Waals surface area contributed by atoms with E-state index in [-0.39, 0.29) is 12.3 Å². The molecule has 6 nitrogen and oxygen atoms in total. The van der Waals surface area contributed by atoms with Gasteiger partial charge >= 0.3 is 5.97 Å². The molecule has 0 aliphatic carbocycles. The lowest BCUT2D eigenvalue weighted by atomic mass is 10.0. The molecule has 170 valence electrons. The lowest BCUT2D eigenvalue weighted by Gasteiger charge is -2.14. The Kier molecular flexibility index (Phi) is 7.24. The third-order valence-electron chi connectivity index (χ3n) is 4.92. The monoisotopic (exact) mass is 490 g/mol. The summed E-state index contributed by atoms with van der Waals surface area (Å²) < 4.78 is 5.18. The third-order valence-corrected chi connectivity index (χ3v) is 5.39. The van der Waals surface area contributed by atoms with Crippen molar-refractivity contribution in [1.29, 1.82) is 0 Å². The average Bonchev–Trinajstić information content (AvgIpc) is 2.81. The molecule has 0 fully saturated rings. The van der Waals surface area contributed by atoms with Crippen LogP contribution in [-0.4, -0.2) is 23.6 Å². The standard InChI is InChI=1S/C26H20Cl2N4O2/c1-3-34-26(33)23-14-21-16(2)10-11-22(30-15-29-19-8-4-6-17(27)12-19)24(21)25(32-23)31-20-9-5-7-18(28)13-20/h4-14H,3H2,1-2H3,(H,31,32). The Morgan fingerprint density at radius 1 is 1.03 bits per heavy atom. The van der Waals surface area contributed by atoms with E-state index in [0.29, 0.717) is 38.3 Å². The third kappa shape index (κ3) is 5.43. The topological polar surface area (TPSA) is 75.9 Å². The van der Waals surface area contributed by atoms with E-state index < -0.39 is 5.97 Å². The van der Waals surface area contributed by atoms with Gasteiger partial charge in [0.1, 0.15) is 11.8 Å². The van der Waals surface area contributed by atoms with Crippen molar-refractivity contribution < 1.29 is 9.53 Å². The molecular weight excluding hydrogens is 471 g/mol. The van der Waals surface area contributed by atoms with E-state index in [1.807, 2.05) is 31.2 Å². The number of pyridine rings is 1. The van der Waals surface area contributed by atoms with E-state index in [0.717, 1.165) is 10.9 Å². The van der Waals surface area contributed by atoms with E-state index in [2.05, 4.69) is 26.3 Å². The second-order valence-corrected chi connectivity index (χ2v) is 8.21. The molecule has 8 heteroatoms. The summed E-state index contributed by atoms with van der Waals surface area (Å²) >= 11 is 12.2. The average molecular weight is 491 g/mol. The molecule has 1 N–H and O–H groups in total. The largest absolute Gasteiger partial charge is 0.461 e. The number of rotatable bonds is 6. The summed E-state index contributed by atoms with van der Waals surface area (Å²) in [6, 6.07) is 22.5. The van der Waals surface area contributed by atoms with Gasteiger partial charge in [0.25, 0.3) is 0 Å². The Balaban J connectivity index is 1.88. The Morgan fingerprint density at radius 3 is 2.53 bits per heavy atom. The number of fused-ring (bicyclic) bond motifs is 1. The van der Waals surface area contributed by atoms with E-state index in [4.69, 9.17) is 27.9 Å². The van der Waals surface area contributed by atoms with Gasteiger partial charge in [0.15, 0.2) is 5.69 Å². The summed E-state index contributed by atoms with van der Waals surface area (Å²) in [5, 5.41) is 5.92. The van der Waals surface area contributed by atoms with Crippen molar-refractivity contribution in [2.45, 2.75) is 13.8 Å². The van der Waals surface area contributed by atoms with Crippen LogP contribution in [-0.2, 0) is 4.74 Å². The van der Waals surface area contributed by atoms with Crippen LogP contribution in [0.1, 0.15) is 23.0 Å². The predicted molar refractivity (Wildman–Crippen MR) is 138 cm³/mol. The van der Waals surface area contributed by atoms with Crippen LogP contribution in [0.15, 0.2) is 76.7 Å². The second kappa shape index (κ2) is 10.5. The fourth-order valence-corrected chi connectivity index (χ4v) is 3.75. The number of nitrogens with one attached hydrogen (secondary N) is 1. The van der Waals surface area contributed by atoms with E-state index in [1.165, 1.54) is 0 Å². The molecule has 0 bridgehead atoms. The van der Waals surface area contributed by atoms with E-state index in [9.17, 15) is 4.79 Å². The van der Waals surface area contributed by atoms with Crippen LogP contribution in [0.25, 0.3) is 10.8 Å². The summed E-state index contributed by atoms with van der Waals surface area (Å²) in [7, 11) is 0. The molecule has 0 atom stereocenters. The minimum Gasteiger partial charge on any atom is -0.461 e. The number of benzene rings is 3. The molecule has 0 aliphatic rings. The Morgan fingerprint density at radius 2 is 1.79 bits per heavy atom. The van der Waals surface area contributed by atoms with Crippen molar-refractivity contribution >= 4 is 68.8 Å². The van der Waals surface area contributed by atoms with Crippen molar-refractivity contribution in [1.82, 2.24) is 4.98 Å². The molecular formula is C26H20Cl2N4O2. The van der Waals surface area contributed by atoms with E-state index in [1.54, 1.807) is 49.4 Å². The molecule has 0 radical (unpaired) electrons. The fraction of sp³-hybridized carbons (Fsp3) is 0.115. The molecule has 0 saturated heterocycles. The van der Waals surface area contributed by atoms with Gasteiger partial charge in [0.2, 0.25) is 0 Å². The van der Waals surface area contributed by atoms with Crippen molar-refractivity contribution in [2.24, 2.45) is 9.98 Å². The first-order valence-corrected chi connectivity index (χ1v) is 11.3. The van der Waals surface area contributed by atoms with Crippen LogP contribution in [0.4, 0.5) is 22.9 Å². The number of anilines is 2. The van der Waals surface area contributed by atoms with Crippen molar-refractivity contribution in [3.05, 3.63) is 88.0 Å². The van der Waals surface area contributed by atoms with Gasteiger partial charge in [0.05, 0.1) is 23.4 Å². The van der Waals surface area contributed by atoms with Crippen LogP contribution >= 0.6 is 23.2 Å². The number of nitrogens with zero attached hydrogens (tertiary/aromatic N) is 3. The number of aliphatic imine (C=N–C) groups is 2. The number of hydrogen-bond donors (Lipinski definition) is 1. The first-order chi connectivity index (χ1) is 16.4. The number of carbonyl (C=O) groups is 1. The zero-order chi connectivity index (χ0) is 24.1. The molecule has 0 unspecified atom stereocenters. The van der Waals surface area contributed by atoms with Crippen molar-refractivity contribution in [3.8, 4) is 0 Å². The number of esters is 1. The van der Waals surface area contributed by atoms with Gasteiger partial charge in [-0.2, -0.15) is 9.98 Å². The maximum absolute atomic E-state index is 12.5. The van der Waals surface area contributed by atoms with Gasteiger partial charge in [0, 0.05) is 15.7 Å². The molecule has 0 saturated carbocycles. The van der Waals surface area contributed by atoms with Crippen molar-refractivity contribution in [2.75, 3.05) is 11.9 Å². The smallest absolute Gasteiger partial charge is 0.357 e. The van der Waals surface area contributed by atoms with Gasteiger partial charge < -0.3 is 10.1 Å². The SMILES string of the molecule is CCOC(=O)c1cc2c(C)ccc(N=C=Nc3cccc(Cl)c3)c2c(Nc2cccc(Cl)c2)n1. The first kappa shape index (κ1) is 23.5. The second-order valence-electron chi connectivity index (χ2n) is 7.34. The summed E-state index contributed by atoms with van der Waals surface area (Å²) in [5.41, 5.74) is 3.07. The number of aryl methyl sites for hydroxylation is 1. The number of hydrogen-bond acceptors (Lipinski definition) is 6. The Bertz CT molecular complexity index is 1450. The minimum atomic E-state index is -0.505. The lowest BCUT2D eigenvalue weighted by Crippen LogP contribution is -2.09. The highest BCUT2D eigenvalue weighted by Crippen LogP contribution is 2.36. The van der Waals surface area contributed by atoms with E-state index >= 15 is 0 Å². The number of carbonyl (C=O) groups excluding carboxylic acids is 1. The maximum Gasteiger partial charge on any atom is 0.357 e. The van der Waals surface area contributed by atoms with Crippen LogP contribution in [0.2, 0.25) is 10.0 Å². The molecule has 0 aliphatic heterocycles. The fourth-order valence-electron chi connectivity index (χ4n) is 3.37. The van der Waals surface area contributed by atoms with Gasteiger partial charge in [-0.25, -0.2) is 9.78 Å². The minimum absolute atomic E-state index is 0.190. The van der Waals surface area contributed by atoms with Crippen LogP contribution in [0.3, 0.4) is 0 Å². The van der Waals surface area contributed by atoms with Gasteiger partial charge in [-0.1, -0.05) is 41.4 Å². The zero-order valence-corrected chi connectivity index (χ0v) is 20.0. The molecule has 0 spiro atoms. The summed E-state index contributed by atoms with van der Waals surface area (Å²) in [5.74, 6) is -0.0656. The number of halogens is 2. The van der Waals surface area contributed by atoms with Crippen LogP contribution in [0, 0.1) is 6.92 Å². The molecule has 4 aromatic rings. The zero-order valence-electron chi connectivity index (χ0n) is 18.5. The molecule has 4 rings (SSSR count). The highest BCUT2D eigenvalue weighted by molar-refractivity contribution is 6.31. The van der Waals surface area contributed by atoms with Gasteiger partial charge in [-0.15, -0.1) is 0 Å². The van der Waals surface area contributed by atoms with Gasteiger partial charge in [-0.3, -0.25) is 0 Å². The first-order valence-electron chi connectivity index (χ1n) is 10.5. The molecule has 1 aromatic heterocycles. The molecule has 3 aromatic carbocycles. The predicted octanol–water partition coefficient (Wildman–Crippen LogP) is 7.91. The summed E-state index contributed by atoms with van der Waals surface area (Å²) in [6.07, 6.45) is 0. The van der Waals surface area contributed by atoms with Crippen molar-refractivity contribution in [3.63, 3.8) is 0 Å². The quantitative estimate of drug-likeness (QED) is 0.220. The molecule has 34 heavy (non-hydrogen) atoms. The Hall–Kier alpha value is -3.70. The molecule has 0 amide bonds. The highest BCUT2D eigenvalue weighted by Gasteiger charge is 2.17. The Labute approximate surface area is 206 Å².